The van der Waals surface area contributed by atoms with Crippen molar-refractivity contribution in [2.45, 2.75) is 31.2 Å². The molecule has 1 fully saturated rings. The van der Waals surface area contributed by atoms with Crippen LogP contribution in [0.1, 0.15) is 24.8 Å². The second-order valence-corrected chi connectivity index (χ2v) is 8.04. The molecule has 0 saturated carbocycles. The average molecular weight is 493 g/mol. The molecule has 1 saturated heterocycles. The molecule has 0 bridgehead atoms. The molecule has 1 N–H and O–H groups in total. The van der Waals surface area contributed by atoms with E-state index in [1.807, 2.05) is 0 Å². The molecule has 3 aromatic rings. The number of ether oxygens (including phenoxy) is 1. The van der Waals surface area contributed by atoms with Crippen LogP contribution in [0.4, 0.5) is 27.8 Å². The van der Waals surface area contributed by atoms with E-state index >= 15 is 0 Å². The summed E-state index contributed by atoms with van der Waals surface area (Å²) < 4.78 is 74.6. The Morgan fingerprint density at radius 2 is 1.83 bits per heavy atom. The molecular weight excluding hydrogens is 473 g/mol. The largest absolute Gasteiger partial charge is 0.431 e. The lowest BCUT2D eigenvalue weighted by atomic mass is 9.87. The summed E-state index contributed by atoms with van der Waals surface area (Å²) in [5, 5.41) is 2.53. The first-order chi connectivity index (χ1) is 16.6. The Balaban J connectivity index is 1.40. The molecule has 1 aromatic carbocycles. The van der Waals surface area contributed by atoms with Gasteiger partial charge in [-0.25, -0.2) is 31.9 Å². The lowest BCUT2D eigenvalue weighted by molar-refractivity contribution is -0.125. The molecule has 3 heterocycles. The molecule has 0 spiro atoms. The van der Waals surface area contributed by atoms with E-state index in [1.165, 1.54) is 24.5 Å². The van der Waals surface area contributed by atoms with Gasteiger partial charge in [0.15, 0.2) is 17.5 Å². The highest BCUT2D eigenvalue weighted by Crippen LogP contribution is 2.40. The van der Waals surface area contributed by atoms with Crippen LogP contribution in [0.15, 0.2) is 49.1 Å². The van der Waals surface area contributed by atoms with Crippen molar-refractivity contribution in [1.82, 2.24) is 19.9 Å². The molecule has 35 heavy (non-hydrogen) atoms. The number of carbonyl (C=O) groups is 1. The van der Waals surface area contributed by atoms with Gasteiger partial charge in [0.25, 0.3) is 5.92 Å². The van der Waals surface area contributed by atoms with Crippen LogP contribution in [0, 0.1) is 17.5 Å². The van der Waals surface area contributed by atoms with E-state index in [2.05, 4.69) is 20.3 Å². The van der Waals surface area contributed by atoms with Gasteiger partial charge in [-0.2, -0.15) is 0 Å². The second kappa shape index (κ2) is 9.90. The predicted octanol–water partition coefficient (Wildman–Crippen LogP) is 4.53. The van der Waals surface area contributed by atoms with Crippen molar-refractivity contribution in [3.05, 3.63) is 72.1 Å². The number of benzene rings is 1. The molecule has 1 amide bonds. The molecule has 0 aliphatic carbocycles. The number of halogens is 5. The van der Waals surface area contributed by atoms with Gasteiger partial charge in [-0.1, -0.05) is 0 Å². The van der Waals surface area contributed by atoms with Gasteiger partial charge in [0.1, 0.15) is 5.82 Å². The maximum Gasteiger partial charge on any atom is 0.257 e. The lowest BCUT2D eigenvalue weighted by Gasteiger charge is -2.40. The van der Waals surface area contributed by atoms with Crippen molar-refractivity contribution >= 4 is 11.7 Å². The van der Waals surface area contributed by atoms with Crippen LogP contribution in [-0.4, -0.2) is 50.8 Å². The highest BCUT2D eigenvalue weighted by atomic mass is 19.3. The fourth-order valence-electron chi connectivity index (χ4n) is 3.78. The maximum atomic E-state index is 14.6. The highest BCUT2D eigenvalue weighted by molar-refractivity contribution is 5.93. The number of amides is 1. The number of carbonyl (C=O) groups excluding carboxylic acids is 1. The molecule has 0 radical (unpaired) electrons. The maximum absolute atomic E-state index is 14.6. The van der Waals surface area contributed by atoms with Crippen molar-refractivity contribution in [2.24, 2.45) is 0 Å². The number of rotatable bonds is 6. The van der Waals surface area contributed by atoms with E-state index in [9.17, 15) is 26.7 Å². The SMILES string of the molecule is C[C@@H](C(=O)Nc1cnc(Oc2c(F)cc(F)cc2F)cn1)N1CCC(F)(F)[C@@H](c2ccncc2)C1. The topological polar surface area (TPSA) is 80.2 Å². The number of hydrogen-bond acceptors (Lipinski definition) is 6. The Kier molecular flexibility index (Phi) is 6.92. The van der Waals surface area contributed by atoms with Crippen molar-refractivity contribution in [3.8, 4) is 11.6 Å². The third-order valence-corrected chi connectivity index (χ3v) is 5.74. The Labute approximate surface area is 197 Å². The molecule has 184 valence electrons. The summed E-state index contributed by atoms with van der Waals surface area (Å²) in [4.78, 5) is 26.0. The van der Waals surface area contributed by atoms with Crippen molar-refractivity contribution in [2.75, 3.05) is 18.4 Å². The minimum absolute atomic E-state index is 0.0160. The normalized spacial score (nSPS) is 18.6. The van der Waals surface area contributed by atoms with Gasteiger partial charge in [0.05, 0.1) is 24.4 Å². The minimum atomic E-state index is -2.92. The number of alkyl halides is 2. The van der Waals surface area contributed by atoms with Crippen LogP contribution in [0.25, 0.3) is 0 Å². The van der Waals surface area contributed by atoms with Crippen LogP contribution in [0.5, 0.6) is 11.6 Å². The van der Waals surface area contributed by atoms with E-state index < -0.39 is 53.4 Å². The number of anilines is 1. The van der Waals surface area contributed by atoms with Crippen molar-refractivity contribution in [3.63, 3.8) is 0 Å². The van der Waals surface area contributed by atoms with Gasteiger partial charge < -0.3 is 10.1 Å². The Bertz CT molecular complexity index is 1170. The quantitative estimate of drug-likeness (QED) is 0.509. The molecule has 2 atom stereocenters. The Morgan fingerprint density at radius 3 is 2.46 bits per heavy atom. The fourth-order valence-corrected chi connectivity index (χ4v) is 3.78. The zero-order valence-electron chi connectivity index (χ0n) is 18.4. The summed E-state index contributed by atoms with van der Waals surface area (Å²) in [7, 11) is 0. The van der Waals surface area contributed by atoms with E-state index in [4.69, 9.17) is 4.74 Å². The molecule has 0 unspecified atom stereocenters. The van der Waals surface area contributed by atoms with Gasteiger partial charge in [-0.05, 0) is 24.6 Å². The predicted molar refractivity (Wildman–Crippen MR) is 115 cm³/mol. The van der Waals surface area contributed by atoms with Gasteiger partial charge >= 0.3 is 0 Å². The number of likely N-dealkylation sites (tertiary alicyclic amines) is 1. The molecule has 1 aliphatic rings. The monoisotopic (exact) mass is 493 g/mol. The third kappa shape index (κ3) is 5.53. The standard InChI is InChI=1S/C23H20F5N5O2/c1-13(33-7-4-23(27,28)16(12-33)14-2-5-29-6-3-14)22(34)32-19-10-31-20(11-30-19)35-21-17(25)8-15(24)9-18(21)26/h2-3,5-6,8-11,13,16H,4,7,12H2,1H3,(H,30,32,34)/t13-,16+/m0/s1. The van der Waals surface area contributed by atoms with Crippen LogP contribution in [-0.2, 0) is 4.79 Å². The van der Waals surface area contributed by atoms with E-state index in [-0.39, 0.29) is 24.8 Å². The smallest absolute Gasteiger partial charge is 0.257 e. The molecule has 1 aliphatic heterocycles. The summed E-state index contributed by atoms with van der Waals surface area (Å²) in [6.45, 7) is 1.59. The van der Waals surface area contributed by atoms with Crippen molar-refractivity contribution < 1.29 is 31.5 Å². The zero-order chi connectivity index (χ0) is 25.2. The van der Waals surface area contributed by atoms with E-state index in [0.29, 0.717) is 17.7 Å². The van der Waals surface area contributed by atoms with Crippen LogP contribution < -0.4 is 10.1 Å². The zero-order valence-corrected chi connectivity index (χ0v) is 18.4. The van der Waals surface area contributed by atoms with Crippen molar-refractivity contribution in [1.29, 1.82) is 0 Å². The summed E-state index contributed by atoms with van der Waals surface area (Å²) in [5.41, 5.74) is 0.442. The highest BCUT2D eigenvalue weighted by Gasteiger charge is 2.46. The summed E-state index contributed by atoms with van der Waals surface area (Å²) >= 11 is 0. The van der Waals surface area contributed by atoms with E-state index in [1.54, 1.807) is 11.8 Å². The Morgan fingerprint density at radius 1 is 1.14 bits per heavy atom. The second-order valence-electron chi connectivity index (χ2n) is 8.04. The van der Waals surface area contributed by atoms with Crippen LogP contribution in [0.2, 0.25) is 0 Å². The summed E-state index contributed by atoms with van der Waals surface area (Å²) in [6, 6.07) is 3.23. The first kappa shape index (κ1) is 24.5. The number of nitrogens with one attached hydrogen (secondary N) is 1. The molecular formula is C23H20F5N5O2. The van der Waals surface area contributed by atoms with Gasteiger partial charge in [0.2, 0.25) is 17.5 Å². The number of nitrogens with zero attached hydrogens (tertiary/aromatic N) is 4. The molecule has 7 nitrogen and oxygen atoms in total. The van der Waals surface area contributed by atoms with E-state index in [0.717, 1.165) is 12.4 Å². The van der Waals surface area contributed by atoms with Crippen LogP contribution >= 0.6 is 0 Å². The number of aromatic nitrogens is 3. The van der Waals surface area contributed by atoms with Gasteiger partial charge in [-0.15, -0.1) is 0 Å². The average Bonchev–Trinajstić information content (AvgIpc) is 2.82. The number of hydrogen-bond donors (Lipinski definition) is 1. The molecule has 2 aromatic heterocycles. The summed E-state index contributed by atoms with van der Waals surface area (Å²) in [5.74, 6) is -9.24. The number of pyridine rings is 1. The molecule has 12 heteroatoms. The summed E-state index contributed by atoms with van der Waals surface area (Å²) in [6.07, 6.45) is 4.61. The minimum Gasteiger partial charge on any atom is -0.431 e. The molecule has 4 rings (SSSR count). The lowest BCUT2D eigenvalue weighted by Crippen LogP contribution is -2.52. The van der Waals surface area contributed by atoms with Gasteiger partial charge in [0, 0.05) is 44.0 Å². The fraction of sp³-hybridized carbons (Fsp3) is 0.304. The van der Waals surface area contributed by atoms with Crippen LogP contribution in [0.3, 0.4) is 0 Å². The first-order valence-corrected chi connectivity index (χ1v) is 10.6. The van der Waals surface area contributed by atoms with Gasteiger partial charge in [-0.3, -0.25) is 14.7 Å². The first-order valence-electron chi connectivity index (χ1n) is 10.6. The Hall–Kier alpha value is -3.67. The third-order valence-electron chi connectivity index (χ3n) is 5.74. The number of piperidine rings is 1.